The summed E-state index contributed by atoms with van der Waals surface area (Å²) in [5, 5.41) is 9.17. The number of fused-ring (bicyclic) bond motifs is 1. The Morgan fingerprint density at radius 1 is 1.02 bits per heavy atom. The molecule has 0 bridgehead atoms. The Bertz CT molecular complexity index is 1880. The monoisotopic (exact) mass is 890 g/mol. The first-order valence-corrected chi connectivity index (χ1v) is 17.5. The molecule has 0 spiro atoms. The van der Waals surface area contributed by atoms with Crippen molar-refractivity contribution in [1.29, 1.82) is 0 Å². The zero-order chi connectivity index (χ0) is 35.1. The maximum absolute atomic E-state index is 14.3. The molecule has 3 N–H and O–H groups in total. The van der Waals surface area contributed by atoms with Crippen LogP contribution in [0.4, 0.5) is 40.6 Å². The SMILES string of the molecule is Cc1ccc(CNC(=O)C(C)(C)C)c(I)c1Nc1nc2cc(C(=O)Nc3ccc(I)c(F)c3)c(N3CCC(C(F)(F)F)CC3)cc2n1C. The lowest BCUT2D eigenvalue weighted by Gasteiger charge is -2.35. The van der Waals surface area contributed by atoms with Crippen LogP contribution in [0.1, 0.15) is 55.1 Å². The van der Waals surface area contributed by atoms with Crippen molar-refractivity contribution in [1.82, 2.24) is 14.9 Å². The summed E-state index contributed by atoms with van der Waals surface area (Å²) in [5.74, 6) is -1.99. The second-order valence-electron chi connectivity index (χ2n) is 13.0. The van der Waals surface area contributed by atoms with E-state index in [1.807, 2.05) is 74.0 Å². The molecular weight excluding hydrogens is 854 g/mol. The lowest BCUT2D eigenvalue weighted by atomic mass is 9.95. The maximum Gasteiger partial charge on any atom is 0.391 e. The number of anilines is 4. The number of carbonyl (C=O) groups is 2. The molecule has 8 nitrogen and oxygen atoms in total. The summed E-state index contributed by atoms with van der Waals surface area (Å²) in [7, 11) is 1.82. The van der Waals surface area contributed by atoms with Crippen LogP contribution in [0.3, 0.4) is 0 Å². The minimum absolute atomic E-state index is 0.0610. The van der Waals surface area contributed by atoms with Gasteiger partial charge in [0, 0.05) is 44.9 Å². The minimum atomic E-state index is -4.28. The number of nitrogens with one attached hydrogen (secondary N) is 3. The van der Waals surface area contributed by atoms with E-state index in [1.54, 1.807) is 29.2 Å². The maximum atomic E-state index is 14.3. The second kappa shape index (κ2) is 14.0. The molecule has 256 valence electrons. The Morgan fingerprint density at radius 3 is 2.33 bits per heavy atom. The molecule has 0 radical (unpaired) electrons. The fourth-order valence-electron chi connectivity index (χ4n) is 5.56. The number of piperidine rings is 1. The van der Waals surface area contributed by atoms with Crippen molar-refractivity contribution in [2.45, 2.75) is 53.3 Å². The highest BCUT2D eigenvalue weighted by atomic mass is 127. The van der Waals surface area contributed by atoms with Gasteiger partial charge in [0.1, 0.15) is 5.82 Å². The zero-order valence-corrected chi connectivity index (χ0v) is 31.4. The van der Waals surface area contributed by atoms with Crippen LogP contribution in [0.2, 0.25) is 0 Å². The number of amides is 2. The number of aromatic nitrogens is 2. The van der Waals surface area contributed by atoms with Crippen molar-refractivity contribution in [3.8, 4) is 0 Å². The predicted octanol–water partition coefficient (Wildman–Crippen LogP) is 8.67. The van der Waals surface area contributed by atoms with Crippen molar-refractivity contribution in [3.63, 3.8) is 0 Å². The van der Waals surface area contributed by atoms with Gasteiger partial charge in [-0.3, -0.25) is 9.59 Å². The highest BCUT2D eigenvalue weighted by Gasteiger charge is 2.41. The zero-order valence-electron chi connectivity index (χ0n) is 27.1. The van der Waals surface area contributed by atoms with Crippen LogP contribution in [0.5, 0.6) is 0 Å². The molecule has 0 saturated carbocycles. The number of hydrogen-bond donors (Lipinski definition) is 3. The van der Waals surface area contributed by atoms with Crippen LogP contribution >= 0.6 is 45.2 Å². The van der Waals surface area contributed by atoms with Gasteiger partial charge in [-0.15, -0.1) is 0 Å². The lowest BCUT2D eigenvalue weighted by Crippen LogP contribution is -2.39. The van der Waals surface area contributed by atoms with E-state index >= 15 is 0 Å². The van der Waals surface area contributed by atoms with Crippen LogP contribution in [0, 0.1) is 31.2 Å². The van der Waals surface area contributed by atoms with E-state index in [0.717, 1.165) is 20.4 Å². The summed E-state index contributed by atoms with van der Waals surface area (Å²) < 4.78 is 57.9. The molecule has 0 unspecified atom stereocenters. The molecule has 0 atom stereocenters. The second-order valence-corrected chi connectivity index (χ2v) is 15.3. The Morgan fingerprint density at radius 2 is 1.71 bits per heavy atom. The van der Waals surface area contributed by atoms with E-state index in [4.69, 9.17) is 4.98 Å². The van der Waals surface area contributed by atoms with Gasteiger partial charge in [0.2, 0.25) is 11.9 Å². The number of rotatable bonds is 7. The van der Waals surface area contributed by atoms with Gasteiger partial charge in [-0.2, -0.15) is 13.2 Å². The Kier molecular flexibility index (Phi) is 10.5. The third-order valence-corrected chi connectivity index (χ3v) is 10.6. The number of halogens is 6. The van der Waals surface area contributed by atoms with Gasteiger partial charge in [-0.1, -0.05) is 32.9 Å². The standard InChI is InChI=1S/C34H36F4I2N6O2/c1-18-6-7-19(17-41-31(48)33(2,3)4)28(40)29(18)44-32-43-25-15-22(30(47)42-21-8-9-24(39)23(35)14-21)26(16-27(25)45(32)5)46-12-10-20(11-13-46)34(36,37)38/h6-9,14-16,20H,10-13,17H2,1-5H3,(H,41,48)(H,42,47)(H,43,44). The van der Waals surface area contributed by atoms with Crippen molar-refractivity contribution >= 4 is 91.0 Å². The molecule has 1 aliphatic rings. The number of nitrogens with zero attached hydrogens (tertiary/aromatic N) is 3. The predicted molar refractivity (Wildman–Crippen MR) is 197 cm³/mol. The van der Waals surface area contributed by atoms with Crippen molar-refractivity contribution < 1.29 is 27.2 Å². The van der Waals surface area contributed by atoms with Gasteiger partial charge in [-0.25, -0.2) is 9.37 Å². The Hall–Kier alpha value is -3.15. The third kappa shape index (κ3) is 7.84. The van der Waals surface area contributed by atoms with Crippen molar-refractivity contribution in [2.24, 2.45) is 18.4 Å². The van der Waals surface area contributed by atoms with Gasteiger partial charge in [-0.05, 0) is 106 Å². The normalized spacial score (nSPS) is 14.4. The number of alkyl halides is 3. The Labute approximate surface area is 303 Å². The molecule has 4 aromatic rings. The summed E-state index contributed by atoms with van der Waals surface area (Å²) in [4.78, 5) is 32.8. The fraction of sp³-hybridized carbons (Fsp3) is 0.382. The van der Waals surface area contributed by atoms with Gasteiger partial charge in [0.25, 0.3) is 5.91 Å². The summed E-state index contributed by atoms with van der Waals surface area (Å²) in [6.07, 6.45) is -4.46. The first-order chi connectivity index (χ1) is 22.4. The summed E-state index contributed by atoms with van der Waals surface area (Å²) in [6, 6.07) is 11.7. The van der Waals surface area contributed by atoms with Crippen LogP contribution in [-0.2, 0) is 18.4 Å². The first-order valence-electron chi connectivity index (χ1n) is 15.4. The number of benzene rings is 3. The molecule has 1 aliphatic heterocycles. The van der Waals surface area contributed by atoms with E-state index in [2.05, 4.69) is 38.5 Å². The van der Waals surface area contributed by atoms with Gasteiger partial charge < -0.3 is 25.4 Å². The Balaban J connectivity index is 1.51. The van der Waals surface area contributed by atoms with Crippen LogP contribution in [0.25, 0.3) is 11.0 Å². The van der Waals surface area contributed by atoms with E-state index in [-0.39, 0.29) is 43.1 Å². The van der Waals surface area contributed by atoms with E-state index in [9.17, 15) is 27.2 Å². The molecular formula is C34H36F4I2N6O2. The summed E-state index contributed by atoms with van der Waals surface area (Å²) in [5.41, 5.74) is 4.28. The highest BCUT2D eigenvalue weighted by Crippen LogP contribution is 2.38. The molecule has 3 aromatic carbocycles. The van der Waals surface area contributed by atoms with Gasteiger partial charge >= 0.3 is 6.18 Å². The number of carbonyl (C=O) groups excluding carboxylic acids is 2. The quantitative estimate of drug-likeness (QED) is 0.128. The summed E-state index contributed by atoms with van der Waals surface area (Å²) in [6.45, 7) is 8.11. The molecule has 2 heterocycles. The number of imidazole rings is 1. The summed E-state index contributed by atoms with van der Waals surface area (Å²) >= 11 is 4.10. The average Bonchev–Trinajstić information content (AvgIpc) is 3.32. The van der Waals surface area contributed by atoms with E-state index in [1.165, 1.54) is 6.07 Å². The largest absolute Gasteiger partial charge is 0.391 e. The molecule has 5 rings (SSSR count). The smallest absolute Gasteiger partial charge is 0.371 e. The van der Waals surface area contributed by atoms with E-state index < -0.39 is 29.2 Å². The molecule has 1 fully saturated rings. The molecule has 1 aromatic heterocycles. The first kappa shape index (κ1) is 36.1. The van der Waals surface area contributed by atoms with Gasteiger partial charge in [0.15, 0.2) is 0 Å². The van der Waals surface area contributed by atoms with E-state index in [0.29, 0.717) is 32.8 Å². The third-order valence-electron chi connectivity index (χ3n) is 8.51. The number of hydrogen-bond acceptors (Lipinski definition) is 5. The molecule has 2 amide bonds. The molecule has 1 saturated heterocycles. The molecule has 0 aliphatic carbocycles. The average molecular weight is 891 g/mol. The number of aryl methyl sites for hydroxylation is 2. The van der Waals surface area contributed by atoms with Crippen molar-refractivity contribution in [2.75, 3.05) is 28.6 Å². The van der Waals surface area contributed by atoms with Crippen LogP contribution < -0.4 is 20.9 Å². The van der Waals surface area contributed by atoms with Crippen LogP contribution in [-0.4, -0.2) is 40.6 Å². The van der Waals surface area contributed by atoms with Crippen molar-refractivity contribution in [3.05, 3.63) is 72.1 Å². The highest BCUT2D eigenvalue weighted by molar-refractivity contribution is 14.1. The van der Waals surface area contributed by atoms with Gasteiger partial charge in [0.05, 0.1) is 33.9 Å². The van der Waals surface area contributed by atoms with Crippen LogP contribution in [0.15, 0.2) is 42.5 Å². The lowest BCUT2D eigenvalue weighted by molar-refractivity contribution is -0.179. The topological polar surface area (TPSA) is 91.3 Å². The minimum Gasteiger partial charge on any atom is -0.371 e. The molecule has 48 heavy (non-hydrogen) atoms. The fourth-order valence-corrected chi connectivity index (χ4v) is 6.83. The molecule has 14 heteroatoms.